The van der Waals surface area contributed by atoms with Gasteiger partial charge < -0.3 is 4.90 Å². The van der Waals surface area contributed by atoms with Crippen LogP contribution in [0.15, 0.2) is 41.3 Å². The summed E-state index contributed by atoms with van der Waals surface area (Å²) in [6, 6.07) is 8.99. The van der Waals surface area contributed by atoms with E-state index in [9.17, 15) is 4.79 Å². The molecule has 0 amide bonds. The molecule has 0 bridgehead atoms. The van der Waals surface area contributed by atoms with Crippen molar-refractivity contribution < 1.29 is 0 Å². The van der Waals surface area contributed by atoms with E-state index in [0.717, 1.165) is 44.1 Å². The van der Waals surface area contributed by atoms with Crippen molar-refractivity contribution in [3.8, 4) is 11.4 Å². The molecule has 0 radical (unpaired) electrons. The lowest BCUT2D eigenvalue weighted by Gasteiger charge is -2.32. The van der Waals surface area contributed by atoms with Crippen molar-refractivity contribution in [2.45, 2.75) is 6.54 Å². The molecule has 0 unspecified atom stereocenters. The summed E-state index contributed by atoms with van der Waals surface area (Å²) in [6.07, 6.45) is 1.73. The standard InChI is InChI=1S/C16H21N5O/c1-19-8-10-20(11-9-19)12-13-21-16(22)6-5-15(18-21)14-4-2-3-7-17-14/h2-7H,8-13H2,1H3. The number of hydrogen-bond donors (Lipinski definition) is 0. The van der Waals surface area contributed by atoms with Crippen LogP contribution in [0.25, 0.3) is 11.4 Å². The van der Waals surface area contributed by atoms with Gasteiger partial charge in [0.05, 0.1) is 12.2 Å². The second-order valence-electron chi connectivity index (χ2n) is 5.64. The van der Waals surface area contributed by atoms with Crippen molar-refractivity contribution in [1.82, 2.24) is 24.6 Å². The topological polar surface area (TPSA) is 54.3 Å². The smallest absolute Gasteiger partial charge is 0.266 e. The Morgan fingerprint density at radius 2 is 1.82 bits per heavy atom. The monoisotopic (exact) mass is 299 g/mol. The van der Waals surface area contributed by atoms with Crippen molar-refractivity contribution in [2.24, 2.45) is 0 Å². The zero-order valence-corrected chi connectivity index (χ0v) is 12.9. The molecule has 0 N–H and O–H groups in total. The first kappa shape index (κ1) is 14.9. The first-order valence-electron chi connectivity index (χ1n) is 7.63. The van der Waals surface area contributed by atoms with Gasteiger partial charge in [0, 0.05) is 45.0 Å². The van der Waals surface area contributed by atoms with Gasteiger partial charge in [0.25, 0.3) is 5.56 Å². The molecular formula is C16H21N5O. The van der Waals surface area contributed by atoms with E-state index in [1.165, 1.54) is 0 Å². The van der Waals surface area contributed by atoms with E-state index in [1.807, 2.05) is 18.2 Å². The summed E-state index contributed by atoms with van der Waals surface area (Å²) in [6.45, 7) is 5.72. The van der Waals surface area contributed by atoms with Crippen LogP contribution in [-0.2, 0) is 6.54 Å². The second-order valence-corrected chi connectivity index (χ2v) is 5.64. The molecule has 1 fully saturated rings. The van der Waals surface area contributed by atoms with Crippen molar-refractivity contribution in [2.75, 3.05) is 39.8 Å². The SMILES string of the molecule is CN1CCN(CCn2nc(-c3ccccn3)ccc2=O)CC1. The average Bonchev–Trinajstić information content (AvgIpc) is 2.56. The highest BCUT2D eigenvalue weighted by Crippen LogP contribution is 2.10. The molecular weight excluding hydrogens is 278 g/mol. The van der Waals surface area contributed by atoms with Crippen molar-refractivity contribution in [3.05, 3.63) is 46.9 Å². The van der Waals surface area contributed by atoms with Crippen LogP contribution < -0.4 is 5.56 Å². The van der Waals surface area contributed by atoms with Crippen LogP contribution in [0.5, 0.6) is 0 Å². The van der Waals surface area contributed by atoms with E-state index in [-0.39, 0.29) is 5.56 Å². The molecule has 1 aliphatic heterocycles. The molecule has 0 spiro atoms. The third-order valence-electron chi connectivity index (χ3n) is 4.02. The Bertz CT molecular complexity index is 662. The maximum Gasteiger partial charge on any atom is 0.266 e. The fourth-order valence-electron chi connectivity index (χ4n) is 2.57. The predicted molar refractivity (Wildman–Crippen MR) is 85.7 cm³/mol. The van der Waals surface area contributed by atoms with Crippen molar-refractivity contribution >= 4 is 0 Å². The van der Waals surface area contributed by atoms with Crippen LogP contribution >= 0.6 is 0 Å². The Labute approximate surface area is 130 Å². The molecule has 6 heteroatoms. The Morgan fingerprint density at radius 3 is 2.55 bits per heavy atom. The Kier molecular flexibility index (Phi) is 4.60. The predicted octanol–water partition coefficient (Wildman–Crippen LogP) is 0.553. The first-order valence-corrected chi connectivity index (χ1v) is 7.63. The maximum atomic E-state index is 12.0. The molecule has 0 saturated carbocycles. The van der Waals surface area contributed by atoms with Crippen LogP contribution in [-0.4, -0.2) is 64.3 Å². The van der Waals surface area contributed by atoms with Gasteiger partial charge >= 0.3 is 0 Å². The van der Waals surface area contributed by atoms with E-state index in [2.05, 4.69) is 26.9 Å². The normalized spacial score (nSPS) is 16.8. The van der Waals surface area contributed by atoms with Gasteiger partial charge in [-0.25, -0.2) is 4.68 Å². The minimum Gasteiger partial charge on any atom is -0.304 e. The molecule has 1 aliphatic rings. The lowest BCUT2D eigenvalue weighted by atomic mass is 10.2. The van der Waals surface area contributed by atoms with Crippen LogP contribution in [0.3, 0.4) is 0 Å². The third-order valence-corrected chi connectivity index (χ3v) is 4.02. The molecule has 3 heterocycles. The molecule has 116 valence electrons. The molecule has 0 aromatic carbocycles. The number of pyridine rings is 1. The largest absolute Gasteiger partial charge is 0.304 e. The van der Waals surface area contributed by atoms with Crippen LogP contribution in [0.4, 0.5) is 0 Å². The molecule has 0 aliphatic carbocycles. The van der Waals surface area contributed by atoms with Crippen LogP contribution in [0.1, 0.15) is 0 Å². The lowest BCUT2D eigenvalue weighted by Crippen LogP contribution is -2.46. The van der Waals surface area contributed by atoms with Crippen molar-refractivity contribution in [1.29, 1.82) is 0 Å². The zero-order valence-electron chi connectivity index (χ0n) is 12.9. The number of aromatic nitrogens is 3. The fraction of sp³-hybridized carbons (Fsp3) is 0.438. The molecule has 2 aromatic rings. The molecule has 1 saturated heterocycles. The molecule has 0 atom stereocenters. The van der Waals surface area contributed by atoms with Crippen LogP contribution in [0, 0.1) is 0 Å². The number of rotatable bonds is 4. The number of piperazine rings is 1. The number of hydrogen-bond acceptors (Lipinski definition) is 5. The summed E-state index contributed by atoms with van der Waals surface area (Å²) in [5, 5.41) is 4.45. The number of likely N-dealkylation sites (N-methyl/N-ethyl adjacent to an activating group) is 1. The highest BCUT2D eigenvalue weighted by molar-refractivity contribution is 5.52. The minimum absolute atomic E-state index is 0.0613. The quantitative estimate of drug-likeness (QED) is 0.825. The zero-order chi connectivity index (χ0) is 15.4. The summed E-state index contributed by atoms with van der Waals surface area (Å²) in [7, 11) is 2.14. The minimum atomic E-state index is -0.0613. The number of nitrogens with zero attached hydrogens (tertiary/aromatic N) is 5. The molecule has 22 heavy (non-hydrogen) atoms. The van der Waals surface area contributed by atoms with E-state index in [1.54, 1.807) is 23.0 Å². The summed E-state index contributed by atoms with van der Waals surface area (Å²) in [5.41, 5.74) is 1.46. The van der Waals surface area contributed by atoms with Gasteiger partial charge in [-0.05, 0) is 25.2 Å². The van der Waals surface area contributed by atoms with Gasteiger partial charge in [0.15, 0.2) is 0 Å². The fourth-order valence-corrected chi connectivity index (χ4v) is 2.57. The van der Waals surface area contributed by atoms with Gasteiger partial charge in [-0.1, -0.05) is 6.07 Å². The van der Waals surface area contributed by atoms with E-state index >= 15 is 0 Å². The van der Waals surface area contributed by atoms with Gasteiger partial charge in [-0.3, -0.25) is 14.7 Å². The highest BCUT2D eigenvalue weighted by Gasteiger charge is 2.14. The summed E-state index contributed by atoms with van der Waals surface area (Å²) in [5.74, 6) is 0. The second kappa shape index (κ2) is 6.81. The van der Waals surface area contributed by atoms with Gasteiger partial charge in [-0.15, -0.1) is 0 Å². The Balaban J connectivity index is 1.69. The highest BCUT2D eigenvalue weighted by atomic mass is 16.1. The molecule has 3 rings (SSSR count). The Morgan fingerprint density at radius 1 is 1.00 bits per heavy atom. The van der Waals surface area contributed by atoms with E-state index in [4.69, 9.17) is 0 Å². The molecule has 6 nitrogen and oxygen atoms in total. The van der Waals surface area contributed by atoms with E-state index in [0.29, 0.717) is 6.54 Å². The summed E-state index contributed by atoms with van der Waals surface area (Å²) in [4.78, 5) is 21.0. The van der Waals surface area contributed by atoms with E-state index < -0.39 is 0 Å². The first-order chi connectivity index (χ1) is 10.7. The van der Waals surface area contributed by atoms with Crippen LogP contribution in [0.2, 0.25) is 0 Å². The summed E-state index contributed by atoms with van der Waals surface area (Å²) >= 11 is 0. The maximum absolute atomic E-state index is 12.0. The van der Waals surface area contributed by atoms with Crippen molar-refractivity contribution in [3.63, 3.8) is 0 Å². The Hall–Kier alpha value is -2.05. The lowest BCUT2D eigenvalue weighted by molar-refractivity contribution is 0.148. The average molecular weight is 299 g/mol. The van der Waals surface area contributed by atoms with Gasteiger partial charge in [-0.2, -0.15) is 5.10 Å². The van der Waals surface area contributed by atoms with Gasteiger partial charge in [0.2, 0.25) is 0 Å². The van der Waals surface area contributed by atoms with Gasteiger partial charge in [0.1, 0.15) is 5.69 Å². The third kappa shape index (κ3) is 3.58. The summed E-state index contributed by atoms with van der Waals surface area (Å²) < 4.78 is 1.54. The molecule has 2 aromatic heterocycles.